The predicted octanol–water partition coefficient (Wildman–Crippen LogP) is 8.06. The number of hydrogen-bond acceptors (Lipinski definition) is 6. The van der Waals surface area contributed by atoms with Crippen molar-refractivity contribution in [1.82, 2.24) is 9.78 Å². The Labute approximate surface area is 252 Å². The maximum Gasteiger partial charge on any atom is 0.416 e. The van der Waals surface area contributed by atoms with Crippen LogP contribution in [-0.4, -0.2) is 35.5 Å². The lowest BCUT2D eigenvalue weighted by Gasteiger charge is -2.40. The van der Waals surface area contributed by atoms with Crippen LogP contribution in [0.1, 0.15) is 28.4 Å². The van der Waals surface area contributed by atoms with Crippen molar-refractivity contribution in [2.24, 2.45) is 9.98 Å². The van der Waals surface area contributed by atoms with Crippen molar-refractivity contribution < 1.29 is 13.2 Å². The summed E-state index contributed by atoms with van der Waals surface area (Å²) in [6.07, 6.45) is -4.48. The van der Waals surface area contributed by atoms with Crippen molar-refractivity contribution in [3.63, 3.8) is 0 Å². The van der Waals surface area contributed by atoms with Crippen LogP contribution in [0.15, 0.2) is 113 Å². The van der Waals surface area contributed by atoms with Crippen molar-refractivity contribution in [2.75, 3.05) is 29.2 Å². The van der Waals surface area contributed by atoms with E-state index in [4.69, 9.17) is 15.1 Å². The van der Waals surface area contributed by atoms with Crippen LogP contribution in [-0.2, 0) is 6.18 Å². The molecule has 0 aliphatic carbocycles. The molecule has 1 N–H and O–H groups in total. The average molecular weight is 592 g/mol. The molecule has 220 valence electrons. The van der Waals surface area contributed by atoms with E-state index in [9.17, 15) is 13.2 Å². The molecule has 3 heterocycles. The van der Waals surface area contributed by atoms with Gasteiger partial charge in [-0.3, -0.25) is 0 Å². The first kappa shape index (κ1) is 27.5. The number of benzene rings is 4. The molecular formula is C34H28F3N7. The molecule has 7 nitrogen and oxygen atoms in total. The summed E-state index contributed by atoms with van der Waals surface area (Å²) in [4.78, 5) is 14.2. The molecule has 1 atom stereocenters. The third-order valence-corrected chi connectivity index (χ3v) is 7.82. The summed E-state index contributed by atoms with van der Waals surface area (Å²) in [5.74, 6) is 1.45. The van der Waals surface area contributed by atoms with Gasteiger partial charge in [-0.05, 0) is 67.1 Å². The maximum atomic E-state index is 13.6. The van der Waals surface area contributed by atoms with Gasteiger partial charge >= 0.3 is 6.18 Å². The first-order valence-corrected chi connectivity index (χ1v) is 14.1. The van der Waals surface area contributed by atoms with Gasteiger partial charge in [0.2, 0.25) is 0 Å². The molecule has 0 radical (unpaired) electrons. The standard InChI is InChI=1S/C34H28F3N7/c1-21-29-30(22-16-18-25(19-17-22)42(2)3)43-28-15-8-7-14-27(28)39-31(38-24-11-9-10-23(20-24)34(35,36)37)33(43)40-32(29)44(41-21)26-12-5-4-6-13-26/h4-20,30H,1-3H3,(H,38,39). The summed E-state index contributed by atoms with van der Waals surface area (Å²) in [6.45, 7) is 1.98. The lowest BCUT2D eigenvalue weighted by molar-refractivity contribution is -0.137. The number of halogens is 3. The van der Waals surface area contributed by atoms with E-state index >= 15 is 0 Å². The van der Waals surface area contributed by atoms with Crippen LogP contribution >= 0.6 is 0 Å². The van der Waals surface area contributed by atoms with Crippen LogP contribution in [0, 0.1) is 6.92 Å². The van der Waals surface area contributed by atoms with Crippen LogP contribution in [0.4, 0.5) is 41.7 Å². The summed E-state index contributed by atoms with van der Waals surface area (Å²) in [5, 5.41) is 8.10. The molecule has 0 saturated carbocycles. The molecule has 1 unspecified atom stereocenters. The van der Waals surface area contributed by atoms with E-state index in [0.717, 1.165) is 46.0 Å². The lowest BCUT2D eigenvalue weighted by atomic mass is 9.93. The normalized spacial score (nSPS) is 15.5. The van der Waals surface area contributed by atoms with Crippen LogP contribution in [0.2, 0.25) is 0 Å². The maximum absolute atomic E-state index is 13.6. The largest absolute Gasteiger partial charge is 0.416 e. The summed E-state index contributed by atoms with van der Waals surface area (Å²) in [6, 6.07) is 30.6. The number of nitrogens with zero attached hydrogens (tertiary/aromatic N) is 6. The molecule has 7 rings (SSSR count). The van der Waals surface area contributed by atoms with Gasteiger partial charge in [0.1, 0.15) is 0 Å². The number of anilines is 3. The highest BCUT2D eigenvalue weighted by Gasteiger charge is 2.41. The topological polar surface area (TPSA) is 61.1 Å². The van der Waals surface area contributed by atoms with E-state index in [2.05, 4.69) is 34.5 Å². The molecule has 2 aliphatic rings. The number of aryl methyl sites for hydroxylation is 1. The van der Waals surface area contributed by atoms with Crippen LogP contribution in [0.25, 0.3) is 5.69 Å². The number of hydrogen-bond donors (Lipinski definition) is 1. The number of rotatable bonds is 4. The summed E-state index contributed by atoms with van der Waals surface area (Å²) in [7, 11) is 3.99. The fourth-order valence-corrected chi connectivity index (χ4v) is 5.73. The number of para-hydroxylation sites is 3. The zero-order valence-electron chi connectivity index (χ0n) is 24.2. The van der Waals surface area contributed by atoms with Gasteiger partial charge in [-0.25, -0.2) is 14.7 Å². The van der Waals surface area contributed by atoms with Gasteiger partial charge in [0.05, 0.1) is 34.4 Å². The number of alkyl halides is 3. The van der Waals surface area contributed by atoms with Crippen molar-refractivity contribution in [3.8, 4) is 5.69 Å². The van der Waals surface area contributed by atoms with Crippen molar-refractivity contribution in [2.45, 2.75) is 19.1 Å². The number of fused-ring (bicyclic) bond motifs is 4. The molecule has 0 fully saturated rings. The van der Waals surface area contributed by atoms with E-state index in [1.165, 1.54) is 6.07 Å². The first-order chi connectivity index (χ1) is 21.2. The second kappa shape index (κ2) is 10.4. The van der Waals surface area contributed by atoms with E-state index < -0.39 is 11.7 Å². The number of amidine groups is 2. The Bertz CT molecular complexity index is 1920. The van der Waals surface area contributed by atoms with Gasteiger partial charge in [-0.15, -0.1) is 0 Å². The Morgan fingerprint density at radius 1 is 0.818 bits per heavy atom. The fourth-order valence-electron chi connectivity index (χ4n) is 5.73. The second-order valence-corrected chi connectivity index (χ2v) is 10.9. The predicted molar refractivity (Wildman–Crippen MR) is 169 cm³/mol. The van der Waals surface area contributed by atoms with Crippen molar-refractivity contribution in [3.05, 3.63) is 126 Å². The minimum absolute atomic E-state index is 0.256. The zero-order valence-corrected chi connectivity index (χ0v) is 24.2. The number of aliphatic imine (C=N–C) groups is 2. The lowest BCUT2D eigenvalue weighted by Crippen LogP contribution is -2.46. The molecule has 2 aliphatic heterocycles. The number of aromatic nitrogens is 2. The van der Waals surface area contributed by atoms with E-state index in [-0.39, 0.29) is 11.7 Å². The van der Waals surface area contributed by atoms with Gasteiger partial charge in [-0.2, -0.15) is 18.3 Å². The zero-order chi connectivity index (χ0) is 30.6. The van der Waals surface area contributed by atoms with Gasteiger partial charge in [0, 0.05) is 31.0 Å². The van der Waals surface area contributed by atoms with Crippen LogP contribution in [0.5, 0.6) is 0 Å². The number of nitrogens with one attached hydrogen (secondary N) is 1. The molecule has 10 heteroatoms. The van der Waals surface area contributed by atoms with E-state index in [1.54, 1.807) is 6.07 Å². The highest BCUT2D eigenvalue weighted by molar-refractivity contribution is 6.51. The van der Waals surface area contributed by atoms with Crippen LogP contribution in [0.3, 0.4) is 0 Å². The molecule has 0 saturated heterocycles. The molecule has 0 bridgehead atoms. The molecule has 44 heavy (non-hydrogen) atoms. The Morgan fingerprint density at radius 2 is 1.55 bits per heavy atom. The van der Waals surface area contributed by atoms with Gasteiger partial charge < -0.3 is 15.1 Å². The fraction of sp³-hybridized carbons (Fsp3) is 0.147. The Kier molecular flexibility index (Phi) is 6.49. The molecule has 0 spiro atoms. The SMILES string of the molecule is Cc1nn(-c2ccccc2)c2c1C(c1ccc(N(C)C)cc1)N1C(=N2)C(Nc2cccc(C(F)(F)F)c2)=Nc2ccccc21. The smallest absolute Gasteiger partial charge is 0.378 e. The Morgan fingerprint density at radius 3 is 2.27 bits per heavy atom. The minimum atomic E-state index is -4.48. The third-order valence-electron chi connectivity index (χ3n) is 7.82. The first-order valence-electron chi connectivity index (χ1n) is 14.1. The molecular weight excluding hydrogens is 563 g/mol. The Hall–Kier alpha value is -5.38. The summed E-state index contributed by atoms with van der Waals surface area (Å²) < 4.78 is 42.6. The van der Waals surface area contributed by atoms with Gasteiger partial charge in [-0.1, -0.05) is 48.5 Å². The third kappa shape index (κ3) is 4.68. The summed E-state index contributed by atoms with van der Waals surface area (Å²) >= 11 is 0. The summed E-state index contributed by atoms with van der Waals surface area (Å²) in [5.41, 5.74) is 5.68. The second-order valence-electron chi connectivity index (χ2n) is 10.9. The highest BCUT2D eigenvalue weighted by atomic mass is 19.4. The molecule has 1 aromatic heterocycles. The molecule has 0 amide bonds. The van der Waals surface area contributed by atoms with Crippen molar-refractivity contribution in [1.29, 1.82) is 0 Å². The molecule has 5 aromatic rings. The average Bonchev–Trinajstić information content (AvgIpc) is 3.36. The van der Waals surface area contributed by atoms with E-state index in [1.807, 2.05) is 85.2 Å². The monoisotopic (exact) mass is 591 g/mol. The molecule has 4 aromatic carbocycles. The van der Waals surface area contributed by atoms with Gasteiger partial charge in [0.25, 0.3) is 0 Å². The quantitative estimate of drug-likeness (QED) is 0.230. The Balaban J connectivity index is 1.46. The minimum Gasteiger partial charge on any atom is -0.378 e. The highest BCUT2D eigenvalue weighted by Crippen LogP contribution is 2.48. The van der Waals surface area contributed by atoms with Gasteiger partial charge in [0.15, 0.2) is 17.5 Å². The van der Waals surface area contributed by atoms with Crippen LogP contribution < -0.4 is 15.1 Å². The van der Waals surface area contributed by atoms with Crippen molar-refractivity contribution >= 4 is 40.2 Å². The van der Waals surface area contributed by atoms with E-state index in [0.29, 0.717) is 23.2 Å².